The van der Waals surface area contributed by atoms with E-state index in [4.69, 9.17) is 0 Å². The summed E-state index contributed by atoms with van der Waals surface area (Å²) in [5.41, 5.74) is 0. The highest BCUT2D eigenvalue weighted by atomic mass is 16.4. The van der Waals surface area contributed by atoms with E-state index in [0.717, 1.165) is 32.1 Å². The molecule has 2 fully saturated rings. The van der Waals surface area contributed by atoms with Crippen LogP contribution >= 0.6 is 0 Å². The van der Waals surface area contributed by atoms with E-state index in [0.29, 0.717) is 6.42 Å². The Morgan fingerprint density at radius 3 is 1.95 bits per heavy atom. The predicted molar refractivity (Wildman–Crippen MR) is 72.7 cm³/mol. The first-order valence-corrected chi connectivity index (χ1v) is 7.57. The Hall–Kier alpha value is -1.06. The molecule has 0 aromatic heterocycles. The molecule has 19 heavy (non-hydrogen) atoms. The van der Waals surface area contributed by atoms with Crippen molar-refractivity contribution >= 4 is 11.9 Å². The first kappa shape index (κ1) is 14.4. The van der Waals surface area contributed by atoms with E-state index in [1.165, 1.54) is 6.42 Å². The zero-order valence-electron chi connectivity index (χ0n) is 12.0. The molecule has 1 saturated heterocycles. The highest BCUT2D eigenvalue weighted by Gasteiger charge is 2.40. The van der Waals surface area contributed by atoms with Gasteiger partial charge in [0.2, 0.25) is 5.91 Å². The molecule has 0 spiro atoms. The number of nitrogens with zero attached hydrogens (tertiary/aromatic N) is 1. The van der Waals surface area contributed by atoms with Gasteiger partial charge in [0.1, 0.15) is 0 Å². The van der Waals surface area contributed by atoms with Crippen molar-refractivity contribution < 1.29 is 14.7 Å². The second-order valence-corrected chi connectivity index (χ2v) is 6.21. The maximum Gasteiger partial charge on any atom is 0.307 e. The highest BCUT2D eigenvalue weighted by molar-refractivity contribution is 5.85. The fourth-order valence-electron chi connectivity index (χ4n) is 3.77. The van der Waals surface area contributed by atoms with Crippen molar-refractivity contribution in [2.24, 2.45) is 11.8 Å². The van der Waals surface area contributed by atoms with Gasteiger partial charge in [0.15, 0.2) is 0 Å². The quantitative estimate of drug-likeness (QED) is 0.836. The van der Waals surface area contributed by atoms with E-state index in [1.807, 2.05) is 4.90 Å². The SMILES string of the molecule is C[C@H]1CCC[C@H](C)N1C(=O)[C@@H]1CCCC[C@@H]1C(=O)O. The zero-order valence-corrected chi connectivity index (χ0v) is 12.0. The van der Waals surface area contributed by atoms with E-state index < -0.39 is 11.9 Å². The van der Waals surface area contributed by atoms with E-state index in [1.54, 1.807) is 0 Å². The fourth-order valence-corrected chi connectivity index (χ4v) is 3.77. The van der Waals surface area contributed by atoms with E-state index in [9.17, 15) is 14.7 Å². The molecule has 1 amide bonds. The molecule has 108 valence electrons. The molecule has 1 aliphatic carbocycles. The van der Waals surface area contributed by atoms with E-state index in [2.05, 4.69) is 13.8 Å². The predicted octanol–water partition coefficient (Wildman–Crippen LogP) is 2.67. The number of hydrogen-bond donors (Lipinski definition) is 1. The Labute approximate surface area is 115 Å². The first-order valence-electron chi connectivity index (χ1n) is 7.57. The van der Waals surface area contributed by atoms with Gasteiger partial charge in [-0.15, -0.1) is 0 Å². The minimum absolute atomic E-state index is 0.0896. The van der Waals surface area contributed by atoms with Crippen LogP contribution in [0, 0.1) is 11.8 Å². The van der Waals surface area contributed by atoms with E-state index >= 15 is 0 Å². The van der Waals surface area contributed by atoms with Crippen molar-refractivity contribution in [2.75, 3.05) is 0 Å². The third-order valence-corrected chi connectivity index (χ3v) is 4.85. The van der Waals surface area contributed by atoms with Crippen LogP contribution < -0.4 is 0 Å². The second-order valence-electron chi connectivity index (χ2n) is 6.21. The summed E-state index contributed by atoms with van der Waals surface area (Å²) in [7, 11) is 0. The second kappa shape index (κ2) is 5.93. The molecular formula is C15H25NO3. The molecule has 4 heteroatoms. The van der Waals surface area contributed by atoms with Gasteiger partial charge in [-0.2, -0.15) is 0 Å². The molecule has 0 radical (unpaired) electrons. The Balaban J connectivity index is 2.14. The largest absolute Gasteiger partial charge is 0.481 e. The van der Waals surface area contributed by atoms with Crippen LogP contribution in [0.15, 0.2) is 0 Å². The molecule has 0 unspecified atom stereocenters. The lowest BCUT2D eigenvalue weighted by atomic mass is 9.77. The van der Waals surface area contributed by atoms with Crippen molar-refractivity contribution in [2.45, 2.75) is 70.9 Å². The summed E-state index contributed by atoms with van der Waals surface area (Å²) in [5, 5.41) is 9.32. The van der Waals surface area contributed by atoms with Crippen LogP contribution in [0.25, 0.3) is 0 Å². The van der Waals surface area contributed by atoms with Crippen LogP contribution in [0.1, 0.15) is 58.8 Å². The van der Waals surface area contributed by atoms with Crippen LogP contribution in [0.5, 0.6) is 0 Å². The number of carboxylic acid groups (broad SMARTS) is 1. The topological polar surface area (TPSA) is 57.6 Å². The lowest BCUT2D eigenvalue weighted by Gasteiger charge is -2.42. The minimum atomic E-state index is -0.796. The number of amides is 1. The van der Waals surface area contributed by atoms with Crippen LogP contribution in [0.3, 0.4) is 0 Å². The number of hydrogen-bond acceptors (Lipinski definition) is 2. The van der Waals surface area contributed by atoms with Gasteiger partial charge in [0.25, 0.3) is 0 Å². The zero-order chi connectivity index (χ0) is 14.0. The molecule has 4 nitrogen and oxygen atoms in total. The molecule has 1 aliphatic heterocycles. The number of rotatable bonds is 2. The lowest BCUT2D eigenvalue weighted by Crippen LogP contribution is -2.52. The minimum Gasteiger partial charge on any atom is -0.481 e. The van der Waals surface area contributed by atoms with E-state index in [-0.39, 0.29) is 23.9 Å². The molecule has 2 rings (SSSR count). The average molecular weight is 267 g/mol. The third kappa shape index (κ3) is 2.93. The number of piperidine rings is 1. The summed E-state index contributed by atoms with van der Waals surface area (Å²) in [4.78, 5) is 26.1. The summed E-state index contributed by atoms with van der Waals surface area (Å²) in [6.07, 6.45) is 6.57. The Bertz CT molecular complexity index is 345. The summed E-state index contributed by atoms with van der Waals surface area (Å²) >= 11 is 0. The smallest absolute Gasteiger partial charge is 0.307 e. The third-order valence-electron chi connectivity index (χ3n) is 4.85. The summed E-state index contributed by atoms with van der Waals surface area (Å²) in [6, 6.07) is 0.514. The highest BCUT2D eigenvalue weighted by Crippen LogP contribution is 2.34. The van der Waals surface area contributed by atoms with Crippen LogP contribution in [-0.4, -0.2) is 34.0 Å². The Morgan fingerprint density at radius 2 is 1.42 bits per heavy atom. The number of carboxylic acids is 1. The average Bonchev–Trinajstić information content (AvgIpc) is 2.38. The summed E-state index contributed by atoms with van der Waals surface area (Å²) in [5.74, 6) is -1.47. The molecule has 1 N–H and O–H groups in total. The maximum absolute atomic E-state index is 12.8. The Morgan fingerprint density at radius 1 is 0.895 bits per heavy atom. The number of likely N-dealkylation sites (tertiary alicyclic amines) is 1. The standard InChI is InChI=1S/C15H25NO3/c1-10-6-5-7-11(2)16(10)14(17)12-8-3-4-9-13(12)15(18)19/h10-13H,3-9H2,1-2H3,(H,18,19)/t10-,11-,12+,13-/m0/s1. The van der Waals surface area contributed by atoms with Gasteiger partial charge in [-0.3, -0.25) is 9.59 Å². The molecule has 1 heterocycles. The van der Waals surface area contributed by atoms with Crippen LogP contribution in [0.2, 0.25) is 0 Å². The molecule has 0 aromatic rings. The molecule has 1 saturated carbocycles. The molecule has 4 atom stereocenters. The van der Waals surface area contributed by atoms with Gasteiger partial charge >= 0.3 is 5.97 Å². The Kier molecular flexibility index (Phi) is 4.48. The number of carbonyl (C=O) groups excluding carboxylic acids is 1. The molecule has 0 bridgehead atoms. The van der Waals surface area contributed by atoms with Crippen LogP contribution in [-0.2, 0) is 9.59 Å². The number of carbonyl (C=O) groups is 2. The van der Waals surface area contributed by atoms with Crippen molar-refractivity contribution in [1.82, 2.24) is 4.90 Å². The van der Waals surface area contributed by atoms with Gasteiger partial charge in [-0.05, 0) is 46.0 Å². The maximum atomic E-state index is 12.8. The molecule has 0 aromatic carbocycles. The first-order chi connectivity index (χ1) is 9.02. The van der Waals surface area contributed by atoms with Gasteiger partial charge in [0, 0.05) is 12.1 Å². The summed E-state index contributed by atoms with van der Waals surface area (Å²) in [6.45, 7) is 4.18. The van der Waals surface area contributed by atoms with Gasteiger partial charge in [-0.1, -0.05) is 12.8 Å². The monoisotopic (exact) mass is 267 g/mol. The number of aliphatic carboxylic acids is 1. The van der Waals surface area contributed by atoms with Gasteiger partial charge < -0.3 is 10.0 Å². The van der Waals surface area contributed by atoms with Crippen molar-refractivity contribution in [3.8, 4) is 0 Å². The molecule has 2 aliphatic rings. The summed E-state index contributed by atoms with van der Waals surface area (Å²) < 4.78 is 0. The van der Waals surface area contributed by atoms with Gasteiger partial charge in [0.05, 0.1) is 11.8 Å². The normalized spacial score (nSPS) is 36.0. The van der Waals surface area contributed by atoms with Crippen LogP contribution in [0.4, 0.5) is 0 Å². The van der Waals surface area contributed by atoms with Crippen molar-refractivity contribution in [3.05, 3.63) is 0 Å². The molecular weight excluding hydrogens is 242 g/mol. The van der Waals surface area contributed by atoms with Crippen molar-refractivity contribution in [1.29, 1.82) is 0 Å². The fraction of sp³-hybridized carbons (Fsp3) is 0.867. The van der Waals surface area contributed by atoms with Crippen molar-refractivity contribution in [3.63, 3.8) is 0 Å². The lowest BCUT2D eigenvalue weighted by molar-refractivity contribution is -0.155. The van der Waals surface area contributed by atoms with Gasteiger partial charge in [-0.25, -0.2) is 0 Å².